The van der Waals surface area contributed by atoms with E-state index in [-0.39, 0.29) is 80.2 Å². The molecule has 1 amide bonds. The van der Waals surface area contributed by atoms with Crippen LogP contribution in [0, 0.1) is 60.8 Å². The van der Waals surface area contributed by atoms with E-state index in [1.54, 1.807) is 83.1 Å². The van der Waals surface area contributed by atoms with E-state index in [2.05, 4.69) is 66.9 Å². The number of amides is 1. The number of ether oxygens (including phenoxy) is 5. The first-order valence-corrected chi connectivity index (χ1v) is 27.3. The molecule has 3 aliphatic carbocycles. The molecule has 0 aromatic heterocycles. The van der Waals surface area contributed by atoms with Crippen LogP contribution in [0.15, 0.2) is 145 Å². The van der Waals surface area contributed by atoms with Gasteiger partial charge in [-0.1, -0.05) is 142 Å². The Balaban J connectivity index is 0.0000115. The zero-order valence-electron chi connectivity index (χ0n) is 47.0. The van der Waals surface area contributed by atoms with Crippen LogP contribution in [0.1, 0.15) is 142 Å². The van der Waals surface area contributed by atoms with Gasteiger partial charge in [-0.15, -0.1) is 0 Å². The van der Waals surface area contributed by atoms with Gasteiger partial charge < -0.3 is 49.4 Å². The molecule has 6 rings (SSSR count). The molecule has 2 saturated carbocycles. The van der Waals surface area contributed by atoms with Crippen molar-refractivity contribution in [3.8, 4) is 0 Å². The monoisotopic (exact) mass is 1300 g/mol. The van der Waals surface area contributed by atoms with Crippen molar-refractivity contribution in [3.63, 3.8) is 0 Å². The first-order valence-electron chi connectivity index (χ1n) is 27.3. The van der Waals surface area contributed by atoms with Crippen molar-refractivity contribution in [1.29, 1.82) is 0 Å². The number of Topliss-reactive ketones (excluding diaryl/α,β-unsaturated/α-hetero) is 1. The number of aliphatic hydroxyl groups is 4. The predicted molar refractivity (Wildman–Crippen MR) is 295 cm³/mol. The molecule has 10 unspecified atom stereocenters. The number of hydrogen-bond acceptors (Lipinski definition) is 14. The topological polar surface area (TPSA) is 224 Å². The van der Waals surface area contributed by atoms with Crippen LogP contribution in [-0.2, 0) is 38.1 Å². The molecule has 0 spiro atoms. The average molecular weight is 1300 g/mol. The Labute approximate surface area is 501 Å². The molecule has 1 saturated heterocycles. The molecule has 79 heavy (non-hydrogen) atoms. The van der Waals surface area contributed by atoms with Gasteiger partial charge >= 0.3 is 24.0 Å². The Morgan fingerprint density at radius 2 is 1.32 bits per heavy atom. The number of nitrogens with one attached hydrogen (secondary N) is 1. The van der Waals surface area contributed by atoms with Gasteiger partial charge in [0.25, 0.3) is 0 Å². The second-order valence-electron chi connectivity index (χ2n) is 22.4. The average Bonchev–Trinajstić information content (AvgIpc) is 3.30. The number of rotatable bonds is 22. The zero-order chi connectivity index (χ0) is 56.9. The number of carbonyl (C=O) groups is 5. The summed E-state index contributed by atoms with van der Waals surface area (Å²) in [6.45, 7) is 12.8. The molecular weight excluding hydrogens is 1220 g/mol. The molecule has 11 atom stereocenters. The molecule has 3 fully saturated rings. The third-order valence-corrected chi connectivity index (χ3v) is 15.6. The van der Waals surface area contributed by atoms with E-state index in [1.165, 1.54) is 26.0 Å². The largest absolute Gasteiger partial charge is 0.461 e. The van der Waals surface area contributed by atoms with Gasteiger partial charge in [0.1, 0.15) is 41.2 Å². The second-order valence-corrected chi connectivity index (χ2v) is 22.4. The summed E-state index contributed by atoms with van der Waals surface area (Å²) in [5.74, 6) is -5.33. The standard InChI is InChI=1S/C63H81NO14.Ac/c1-9-10-11-12-13-14-15-16-17-18-19-20-21-22-23-24-25-26-33-38-48(65)76-46-39-47-62(72,41-74-47)53-55(77-56(69)44-36-31-28-32-37-44)63(73)40-45(42(2)49(60(63,6)7)51(66)54(68)61(46,53)8)75-57(70)52(67)50(43-34-29-27-30-35-43)64-58(71)78-59(3,4)5;/h10-11,13-14,16-17,19-20,22-23,25-32,34-37,45-47,50-53,55,66-67,72-73H,9,12,15,18,21,24,33,38-41H2,1-8H3,(H,64,71);/b11-10-,14-13-,17-16-,20-19-,23-22-,26-25-;/t45?,46?,47?,50?,51?,52?,53?,55?,61?,62-,63?;/m0./s1. The number of allylic oxidation sites excluding steroid dienone is 12. The molecule has 4 aliphatic rings. The van der Waals surface area contributed by atoms with Crippen LogP contribution in [0.3, 0.4) is 0 Å². The molecule has 2 aromatic rings. The van der Waals surface area contributed by atoms with Crippen molar-refractivity contribution < 1.29 is 112 Å². The number of carbonyl (C=O) groups excluding carboxylic acids is 5. The summed E-state index contributed by atoms with van der Waals surface area (Å²) in [7, 11) is 0. The van der Waals surface area contributed by atoms with Gasteiger partial charge in [-0.2, -0.15) is 0 Å². The van der Waals surface area contributed by atoms with Gasteiger partial charge in [0.2, 0.25) is 0 Å². The van der Waals surface area contributed by atoms with Gasteiger partial charge in [0, 0.05) is 74.7 Å². The fraction of sp³-hybridized carbons (Fsp3) is 0.508. The zero-order valence-corrected chi connectivity index (χ0v) is 51.8. The number of aliphatic hydroxyl groups excluding tert-OH is 2. The first-order chi connectivity index (χ1) is 37.0. The van der Waals surface area contributed by atoms with Crippen LogP contribution >= 0.6 is 0 Å². The van der Waals surface area contributed by atoms with Gasteiger partial charge in [-0.3, -0.25) is 9.59 Å². The summed E-state index contributed by atoms with van der Waals surface area (Å²) in [4.78, 5) is 71.2. The summed E-state index contributed by atoms with van der Waals surface area (Å²) < 4.78 is 30.1. The number of esters is 3. The molecule has 1 radical (unpaired) electrons. The van der Waals surface area contributed by atoms with Crippen molar-refractivity contribution in [1.82, 2.24) is 5.32 Å². The Morgan fingerprint density at radius 1 is 0.785 bits per heavy atom. The van der Waals surface area contributed by atoms with E-state index < -0.39 is 112 Å². The molecule has 2 bridgehead atoms. The van der Waals surface area contributed by atoms with Gasteiger partial charge in [0.15, 0.2) is 11.9 Å². The predicted octanol–water partition coefficient (Wildman–Crippen LogP) is 9.72. The summed E-state index contributed by atoms with van der Waals surface area (Å²) in [6.07, 6.45) is 19.1. The maximum absolute atomic E-state index is 15.6. The number of hydrogen-bond donors (Lipinski definition) is 5. The number of fused-ring (bicyclic) bond motifs is 5. The van der Waals surface area contributed by atoms with Crippen molar-refractivity contribution in [2.24, 2.45) is 16.7 Å². The normalized spacial score (nSPS) is 28.4. The van der Waals surface area contributed by atoms with Crippen LogP contribution in [0.4, 0.5) is 4.79 Å². The van der Waals surface area contributed by atoms with E-state index in [0.717, 1.165) is 32.1 Å². The third-order valence-electron chi connectivity index (χ3n) is 15.6. The minimum Gasteiger partial charge on any atom is -0.461 e. The van der Waals surface area contributed by atoms with Crippen molar-refractivity contribution >= 4 is 29.8 Å². The van der Waals surface area contributed by atoms with E-state index in [1.807, 2.05) is 18.2 Å². The molecule has 15 nitrogen and oxygen atoms in total. The van der Waals surface area contributed by atoms with Crippen molar-refractivity contribution in [2.45, 2.75) is 179 Å². The number of alkyl carbamates (subject to hydrolysis) is 1. The maximum Gasteiger partial charge on any atom is 0.408 e. The van der Waals surface area contributed by atoms with Crippen LogP contribution in [0.2, 0.25) is 0 Å². The van der Waals surface area contributed by atoms with E-state index in [4.69, 9.17) is 23.7 Å². The molecular formula is C63H81AcNO14. The quantitative estimate of drug-likeness (QED) is 0.0421. The van der Waals surface area contributed by atoms with E-state index in [0.29, 0.717) is 18.4 Å². The summed E-state index contributed by atoms with van der Waals surface area (Å²) in [5.41, 5.74) is -8.51. The Morgan fingerprint density at radius 3 is 1.84 bits per heavy atom. The minimum absolute atomic E-state index is 0. The van der Waals surface area contributed by atoms with Gasteiger partial charge in [0.05, 0.1) is 29.7 Å². The molecule has 16 heteroatoms. The number of benzene rings is 2. The van der Waals surface area contributed by atoms with Crippen LogP contribution in [0.5, 0.6) is 0 Å². The molecule has 2 aromatic carbocycles. The molecule has 425 valence electrons. The summed E-state index contributed by atoms with van der Waals surface area (Å²) in [5, 5.41) is 53.4. The van der Waals surface area contributed by atoms with Crippen molar-refractivity contribution in [3.05, 3.63) is 156 Å². The Hall–Kier alpha value is -4.79. The number of ketones is 1. The Bertz CT molecular complexity index is 2630. The molecule has 5 N–H and O–H groups in total. The van der Waals surface area contributed by atoms with Crippen LogP contribution in [0.25, 0.3) is 0 Å². The molecule has 1 heterocycles. The fourth-order valence-electron chi connectivity index (χ4n) is 11.4. The van der Waals surface area contributed by atoms with Crippen molar-refractivity contribution in [2.75, 3.05) is 6.61 Å². The molecule has 1 aliphatic heterocycles. The summed E-state index contributed by atoms with van der Waals surface area (Å²) >= 11 is 0. The van der Waals surface area contributed by atoms with Crippen LogP contribution < -0.4 is 5.32 Å². The van der Waals surface area contributed by atoms with E-state index >= 15 is 4.79 Å². The van der Waals surface area contributed by atoms with Gasteiger partial charge in [-0.05, 0) is 108 Å². The minimum atomic E-state index is -2.39. The summed E-state index contributed by atoms with van der Waals surface area (Å²) in [6, 6.07) is 14.7. The van der Waals surface area contributed by atoms with E-state index in [9.17, 15) is 39.6 Å². The van der Waals surface area contributed by atoms with Crippen LogP contribution in [-0.4, -0.2) is 110 Å². The third kappa shape index (κ3) is 15.4. The van der Waals surface area contributed by atoms with Gasteiger partial charge in [-0.25, -0.2) is 14.4 Å². The Kier molecular flexibility index (Phi) is 23.7. The maximum atomic E-state index is 15.6. The second kappa shape index (κ2) is 28.8. The smallest absolute Gasteiger partial charge is 0.408 e. The first kappa shape index (κ1) is 65.0. The fourth-order valence-corrected chi connectivity index (χ4v) is 11.4. The SMILES string of the molecule is CC/C=C\C/C=C\C/C=C\C/C=C\C/C=C\C/C=C\CCC(=O)OC1CC2OC[C@@]2(O)C2C(OC(=O)c3ccccc3)C3(O)CC(OC(=O)C(O)C(NC(=O)OC(C)(C)C)c4ccccc4)C(C)=C(C(O)C(=O)C12C)C3(C)C.[Ac].